The minimum atomic E-state index is -0.896. The summed E-state index contributed by atoms with van der Waals surface area (Å²) >= 11 is 0. The highest BCUT2D eigenvalue weighted by Gasteiger charge is 2.48. The van der Waals surface area contributed by atoms with E-state index in [1.54, 1.807) is 0 Å². The number of carbonyl (C=O) groups is 1. The minimum absolute atomic E-state index is 0.0127. The zero-order valence-corrected chi connectivity index (χ0v) is 16.3. The van der Waals surface area contributed by atoms with Gasteiger partial charge in [0.2, 0.25) is 0 Å². The number of aliphatic hydroxyl groups is 2. The molecule has 0 saturated carbocycles. The van der Waals surface area contributed by atoms with Gasteiger partial charge in [-0.3, -0.25) is 4.79 Å². The van der Waals surface area contributed by atoms with Crippen LogP contribution >= 0.6 is 0 Å². The number of piperidine rings is 1. The summed E-state index contributed by atoms with van der Waals surface area (Å²) in [6.45, 7) is 1.44. The monoisotopic (exact) mass is 391 g/mol. The van der Waals surface area contributed by atoms with Crippen molar-refractivity contribution >= 4 is 27.5 Å². The number of ether oxygens (including phenoxy) is 1. The third-order valence-corrected chi connectivity index (χ3v) is 6.59. The van der Waals surface area contributed by atoms with Crippen LogP contribution in [0.2, 0.25) is 0 Å². The van der Waals surface area contributed by atoms with E-state index in [9.17, 15) is 15.0 Å². The first-order valence-electron chi connectivity index (χ1n) is 10.3. The Bertz CT molecular complexity index is 1020. The van der Waals surface area contributed by atoms with Crippen LogP contribution in [0.3, 0.4) is 0 Å². The Morgan fingerprint density at radius 1 is 0.966 bits per heavy atom. The highest BCUT2D eigenvalue weighted by molar-refractivity contribution is 6.18. The predicted octanol–water partition coefficient (Wildman–Crippen LogP) is 3.11. The largest absolute Gasteiger partial charge is 0.390 e. The number of aliphatic hydroxyl groups excluding tert-OH is 2. The summed E-state index contributed by atoms with van der Waals surface area (Å²) in [5.74, 6) is 0.0127. The second kappa shape index (κ2) is 7.10. The summed E-state index contributed by atoms with van der Waals surface area (Å²) in [6, 6.07) is 18.1. The van der Waals surface area contributed by atoms with Crippen LogP contribution in [0.1, 0.15) is 29.6 Å². The Kier molecular flexibility index (Phi) is 4.54. The van der Waals surface area contributed by atoms with Crippen molar-refractivity contribution in [1.82, 2.24) is 4.90 Å². The van der Waals surface area contributed by atoms with Crippen molar-refractivity contribution in [2.45, 2.75) is 37.1 Å². The van der Waals surface area contributed by atoms with Crippen molar-refractivity contribution in [2.24, 2.45) is 0 Å². The molecule has 5 nitrogen and oxygen atoms in total. The van der Waals surface area contributed by atoms with Gasteiger partial charge in [-0.25, -0.2) is 0 Å². The van der Waals surface area contributed by atoms with E-state index in [1.165, 1.54) is 0 Å². The van der Waals surface area contributed by atoms with Gasteiger partial charge in [-0.05, 0) is 46.9 Å². The van der Waals surface area contributed by atoms with Crippen LogP contribution in [-0.2, 0) is 4.74 Å². The lowest BCUT2D eigenvalue weighted by Gasteiger charge is -2.48. The molecule has 0 radical (unpaired) electrons. The molecule has 0 bridgehead atoms. The van der Waals surface area contributed by atoms with Crippen molar-refractivity contribution in [2.75, 3.05) is 19.7 Å². The lowest BCUT2D eigenvalue weighted by Crippen LogP contribution is -2.60. The van der Waals surface area contributed by atoms with Crippen LogP contribution < -0.4 is 0 Å². The van der Waals surface area contributed by atoms with E-state index < -0.39 is 17.8 Å². The van der Waals surface area contributed by atoms with Gasteiger partial charge in [0.05, 0.1) is 23.9 Å². The summed E-state index contributed by atoms with van der Waals surface area (Å²) < 4.78 is 5.92. The fourth-order valence-electron chi connectivity index (χ4n) is 4.91. The normalized spacial score (nSPS) is 24.3. The summed E-state index contributed by atoms with van der Waals surface area (Å²) in [5, 5.41) is 24.6. The van der Waals surface area contributed by atoms with Crippen molar-refractivity contribution in [3.05, 3.63) is 60.2 Å². The Morgan fingerprint density at radius 2 is 1.55 bits per heavy atom. The Hall–Kier alpha value is -2.47. The summed E-state index contributed by atoms with van der Waals surface area (Å²) in [6.07, 6.45) is -0.146. The van der Waals surface area contributed by atoms with E-state index >= 15 is 0 Å². The molecular formula is C24H25NO4. The average molecular weight is 391 g/mol. The highest BCUT2D eigenvalue weighted by Crippen LogP contribution is 2.37. The molecule has 2 aliphatic rings. The Labute approximate surface area is 169 Å². The third-order valence-electron chi connectivity index (χ3n) is 6.59. The van der Waals surface area contributed by atoms with E-state index in [-0.39, 0.29) is 5.91 Å². The number of fused-ring (bicyclic) bond motifs is 2. The second-order valence-corrected chi connectivity index (χ2v) is 8.20. The number of benzene rings is 3. The van der Waals surface area contributed by atoms with Gasteiger partial charge < -0.3 is 19.8 Å². The first-order chi connectivity index (χ1) is 14.1. The number of likely N-dealkylation sites (tertiary alicyclic amines) is 1. The molecule has 0 unspecified atom stereocenters. The Balaban J connectivity index is 1.49. The maximum absolute atomic E-state index is 13.6. The lowest BCUT2D eigenvalue weighted by atomic mass is 9.80. The van der Waals surface area contributed by atoms with Gasteiger partial charge in [0.1, 0.15) is 6.10 Å². The van der Waals surface area contributed by atoms with Crippen LogP contribution in [0.5, 0.6) is 0 Å². The second-order valence-electron chi connectivity index (χ2n) is 8.20. The molecule has 2 fully saturated rings. The van der Waals surface area contributed by atoms with Crippen LogP contribution in [0, 0.1) is 0 Å². The van der Waals surface area contributed by atoms with Gasteiger partial charge in [0.15, 0.2) is 0 Å². The number of hydrogen-bond acceptors (Lipinski definition) is 4. The third kappa shape index (κ3) is 3.01. The van der Waals surface area contributed by atoms with Crippen molar-refractivity contribution in [3.63, 3.8) is 0 Å². The van der Waals surface area contributed by atoms with Crippen molar-refractivity contribution < 1.29 is 19.7 Å². The summed E-state index contributed by atoms with van der Waals surface area (Å²) in [7, 11) is 0. The molecule has 150 valence electrons. The van der Waals surface area contributed by atoms with E-state index in [0.29, 0.717) is 39.0 Å². The maximum Gasteiger partial charge on any atom is 0.255 e. The van der Waals surface area contributed by atoms with Gasteiger partial charge in [0.25, 0.3) is 5.91 Å². The van der Waals surface area contributed by atoms with Crippen LogP contribution in [0.4, 0.5) is 0 Å². The van der Waals surface area contributed by atoms with Crippen molar-refractivity contribution in [3.8, 4) is 0 Å². The molecule has 0 aliphatic carbocycles. The fraction of sp³-hybridized carbons (Fsp3) is 0.375. The number of hydrogen-bond donors (Lipinski definition) is 2. The molecule has 2 N–H and O–H groups in total. The topological polar surface area (TPSA) is 70.0 Å². The SMILES string of the molecule is O=C(c1c2ccccc2cc2ccccc12)N1CCC2(CC1)OCC[C@H](O)[C@@H]2O. The number of rotatable bonds is 1. The molecule has 1 spiro atoms. The summed E-state index contributed by atoms with van der Waals surface area (Å²) in [5.41, 5.74) is -0.00488. The van der Waals surface area contributed by atoms with Crippen LogP contribution in [-0.4, -0.2) is 58.5 Å². The molecule has 1 amide bonds. The first-order valence-corrected chi connectivity index (χ1v) is 10.3. The molecule has 29 heavy (non-hydrogen) atoms. The molecule has 5 heteroatoms. The van der Waals surface area contributed by atoms with Crippen LogP contribution in [0.25, 0.3) is 21.5 Å². The standard InChI is InChI=1S/C24H25NO4/c26-20-9-14-29-24(22(20)27)10-12-25(13-11-24)23(28)21-18-7-3-1-5-16(18)15-17-6-2-4-8-19(17)21/h1-8,15,20,22,26-27H,9-14H2/t20-,22-/m0/s1. The maximum atomic E-state index is 13.6. The van der Waals surface area contributed by atoms with E-state index in [2.05, 4.69) is 6.07 Å². The average Bonchev–Trinajstić information content (AvgIpc) is 2.76. The number of amides is 1. The number of nitrogens with zero attached hydrogens (tertiary/aromatic N) is 1. The van der Waals surface area contributed by atoms with Gasteiger partial charge in [-0.1, -0.05) is 48.5 Å². The molecule has 2 heterocycles. The van der Waals surface area contributed by atoms with Crippen molar-refractivity contribution in [1.29, 1.82) is 0 Å². The van der Waals surface area contributed by atoms with Gasteiger partial charge >= 0.3 is 0 Å². The highest BCUT2D eigenvalue weighted by atomic mass is 16.5. The first kappa shape index (κ1) is 18.6. The smallest absolute Gasteiger partial charge is 0.255 e. The fourth-order valence-corrected chi connectivity index (χ4v) is 4.91. The molecule has 5 rings (SSSR count). The minimum Gasteiger partial charge on any atom is -0.390 e. The summed E-state index contributed by atoms with van der Waals surface area (Å²) in [4.78, 5) is 15.5. The predicted molar refractivity (Wildman–Crippen MR) is 112 cm³/mol. The lowest BCUT2D eigenvalue weighted by molar-refractivity contribution is -0.212. The van der Waals surface area contributed by atoms with E-state index in [4.69, 9.17) is 4.74 Å². The zero-order valence-electron chi connectivity index (χ0n) is 16.3. The molecule has 3 aromatic carbocycles. The zero-order chi connectivity index (χ0) is 20.0. The Morgan fingerprint density at radius 3 is 2.17 bits per heavy atom. The molecule has 3 aromatic rings. The van der Waals surface area contributed by atoms with E-state index in [1.807, 2.05) is 53.4 Å². The molecule has 0 aromatic heterocycles. The molecule has 2 aliphatic heterocycles. The number of carbonyl (C=O) groups excluding carboxylic acids is 1. The van der Waals surface area contributed by atoms with Crippen LogP contribution in [0.15, 0.2) is 54.6 Å². The molecular weight excluding hydrogens is 366 g/mol. The van der Waals surface area contributed by atoms with Gasteiger partial charge in [0, 0.05) is 13.1 Å². The van der Waals surface area contributed by atoms with Gasteiger partial charge in [-0.15, -0.1) is 0 Å². The quantitative estimate of drug-likeness (QED) is 0.626. The van der Waals surface area contributed by atoms with E-state index in [0.717, 1.165) is 27.1 Å². The van der Waals surface area contributed by atoms with Gasteiger partial charge in [-0.2, -0.15) is 0 Å². The molecule has 2 atom stereocenters. The molecule has 2 saturated heterocycles.